The summed E-state index contributed by atoms with van der Waals surface area (Å²) in [6, 6.07) is 12.2. The molecule has 2 heteroatoms. The maximum Gasteiger partial charge on any atom is 0.163 e. The van der Waals surface area contributed by atoms with Gasteiger partial charge in [0.1, 0.15) is 0 Å². The molecule has 0 aliphatic carbocycles. The van der Waals surface area contributed by atoms with Crippen molar-refractivity contribution in [2.45, 2.75) is 39.5 Å². The maximum absolute atomic E-state index is 12.2. The van der Waals surface area contributed by atoms with Crippen molar-refractivity contribution in [2.24, 2.45) is 0 Å². The van der Waals surface area contributed by atoms with Gasteiger partial charge in [-0.25, -0.2) is 0 Å². The predicted molar refractivity (Wildman–Crippen MR) is 81.3 cm³/mol. The number of Topliss-reactive ketones (excluding diaryl/α,β-unsaturated/α-hetero) is 2. The van der Waals surface area contributed by atoms with Crippen LogP contribution in [0.3, 0.4) is 0 Å². The average Bonchev–Trinajstić information content (AvgIpc) is 2.46. The van der Waals surface area contributed by atoms with Crippen molar-refractivity contribution in [1.29, 1.82) is 0 Å². The van der Waals surface area contributed by atoms with E-state index in [9.17, 15) is 9.59 Å². The number of carbonyl (C=O) groups excluding carboxylic acids is 2. The molecule has 0 aliphatic rings. The van der Waals surface area contributed by atoms with Gasteiger partial charge in [0, 0.05) is 29.4 Å². The topological polar surface area (TPSA) is 34.1 Å². The molecule has 2 rings (SSSR count). The minimum absolute atomic E-state index is 0.120. The molecule has 0 atom stereocenters. The van der Waals surface area contributed by atoms with Crippen LogP contribution in [0.25, 0.3) is 10.8 Å². The lowest BCUT2D eigenvalue weighted by Crippen LogP contribution is -2.03. The number of ketones is 2. The molecule has 0 aromatic heterocycles. The van der Waals surface area contributed by atoms with Gasteiger partial charge in [0.25, 0.3) is 0 Å². The first-order chi connectivity index (χ1) is 9.69. The van der Waals surface area contributed by atoms with Crippen molar-refractivity contribution in [3.63, 3.8) is 0 Å². The van der Waals surface area contributed by atoms with Gasteiger partial charge in [-0.2, -0.15) is 0 Å². The molecule has 0 N–H and O–H groups in total. The Morgan fingerprint density at radius 1 is 0.950 bits per heavy atom. The van der Waals surface area contributed by atoms with E-state index in [4.69, 9.17) is 0 Å². The Hall–Kier alpha value is -1.96. The highest BCUT2D eigenvalue weighted by Crippen LogP contribution is 2.24. The highest BCUT2D eigenvalue weighted by Gasteiger charge is 2.14. The lowest BCUT2D eigenvalue weighted by atomic mass is 9.94. The third-order valence-electron chi connectivity index (χ3n) is 3.39. The molecule has 2 aromatic rings. The van der Waals surface area contributed by atoms with Gasteiger partial charge in [-0.05, 0) is 24.3 Å². The molecule has 0 fully saturated rings. The van der Waals surface area contributed by atoms with E-state index in [1.165, 1.54) is 0 Å². The van der Waals surface area contributed by atoms with Crippen molar-refractivity contribution in [3.05, 3.63) is 47.5 Å². The van der Waals surface area contributed by atoms with E-state index in [1.807, 2.05) is 32.0 Å². The Balaban J connectivity index is 2.57. The van der Waals surface area contributed by atoms with Crippen molar-refractivity contribution in [1.82, 2.24) is 0 Å². The summed E-state index contributed by atoms with van der Waals surface area (Å²) in [6.45, 7) is 3.98. The molecule has 0 saturated carbocycles. The SMILES string of the molecule is CCCC(=O)c1cccc2c(C(=O)CCC)cc[c]c12. The normalized spacial score (nSPS) is 10.7. The zero-order chi connectivity index (χ0) is 14.5. The van der Waals surface area contributed by atoms with Gasteiger partial charge < -0.3 is 0 Å². The minimum atomic E-state index is 0.120. The molecule has 103 valence electrons. The summed E-state index contributed by atoms with van der Waals surface area (Å²) in [7, 11) is 0. The number of hydrogen-bond donors (Lipinski definition) is 0. The van der Waals surface area contributed by atoms with Gasteiger partial charge in [0.2, 0.25) is 0 Å². The highest BCUT2D eigenvalue weighted by atomic mass is 16.1. The van der Waals surface area contributed by atoms with E-state index in [0.29, 0.717) is 24.0 Å². The van der Waals surface area contributed by atoms with Crippen molar-refractivity contribution in [2.75, 3.05) is 0 Å². The first-order valence-electron chi connectivity index (χ1n) is 7.18. The molecule has 0 amide bonds. The Morgan fingerprint density at radius 3 is 2.25 bits per heavy atom. The molecular weight excluding hydrogens is 248 g/mol. The van der Waals surface area contributed by atoms with Gasteiger partial charge >= 0.3 is 0 Å². The van der Waals surface area contributed by atoms with Crippen LogP contribution < -0.4 is 0 Å². The van der Waals surface area contributed by atoms with Crippen molar-refractivity contribution < 1.29 is 9.59 Å². The first-order valence-corrected chi connectivity index (χ1v) is 7.18. The summed E-state index contributed by atoms with van der Waals surface area (Å²) < 4.78 is 0. The summed E-state index contributed by atoms with van der Waals surface area (Å²) in [5.41, 5.74) is 1.38. The largest absolute Gasteiger partial charge is 0.294 e. The maximum atomic E-state index is 12.2. The van der Waals surface area contributed by atoms with E-state index >= 15 is 0 Å². The summed E-state index contributed by atoms with van der Waals surface area (Å²) in [6.07, 6.45) is 2.71. The molecule has 0 spiro atoms. The lowest BCUT2D eigenvalue weighted by molar-refractivity contribution is 0.0974. The van der Waals surface area contributed by atoms with Crippen molar-refractivity contribution >= 4 is 22.3 Å². The second kappa shape index (κ2) is 6.47. The van der Waals surface area contributed by atoms with Crippen LogP contribution in [0.2, 0.25) is 0 Å². The molecule has 0 unspecified atom stereocenters. The van der Waals surface area contributed by atoms with E-state index in [2.05, 4.69) is 6.07 Å². The van der Waals surface area contributed by atoms with E-state index in [0.717, 1.165) is 23.6 Å². The van der Waals surface area contributed by atoms with Crippen LogP contribution in [0.1, 0.15) is 60.2 Å². The smallest absolute Gasteiger partial charge is 0.163 e. The van der Waals surface area contributed by atoms with Gasteiger partial charge in [-0.15, -0.1) is 0 Å². The third-order valence-corrected chi connectivity index (χ3v) is 3.39. The predicted octanol–water partition coefficient (Wildman–Crippen LogP) is 4.61. The van der Waals surface area contributed by atoms with Crippen LogP contribution in [0.15, 0.2) is 30.3 Å². The molecule has 1 radical (unpaired) electrons. The number of carbonyl (C=O) groups is 2. The zero-order valence-corrected chi connectivity index (χ0v) is 12.0. The fourth-order valence-electron chi connectivity index (χ4n) is 2.43. The number of rotatable bonds is 6. The molecule has 0 aliphatic heterocycles. The van der Waals surface area contributed by atoms with Crippen LogP contribution in [0.5, 0.6) is 0 Å². The zero-order valence-electron chi connectivity index (χ0n) is 12.0. The number of fused-ring (bicyclic) bond motifs is 1. The summed E-state index contributed by atoms with van der Waals surface area (Å²) in [5.74, 6) is 0.251. The van der Waals surface area contributed by atoms with Crippen LogP contribution in [-0.2, 0) is 0 Å². The molecule has 0 bridgehead atoms. The van der Waals surface area contributed by atoms with Crippen molar-refractivity contribution in [3.8, 4) is 0 Å². The number of benzene rings is 2. The van der Waals surface area contributed by atoms with E-state index in [-0.39, 0.29) is 11.6 Å². The Morgan fingerprint density at radius 2 is 1.60 bits per heavy atom. The van der Waals surface area contributed by atoms with Gasteiger partial charge in [-0.3, -0.25) is 9.59 Å². The van der Waals surface area contributed by atoms with Gasteiger partial charge in [0.15, 0.2) is 11.6 Å². The highest BCUT2D eigenvalue weighted by molar-refractivity contribution is 6.14. The van der Waals surface area contributed by atoms with Crippen LogP contribution in [0.4, 0.5) is 0 Å². The Kier molecular flexibility index (Phi) is 4.67. The van der Waals surface area contributed by atoms with Gasteiger partial charge in [0.05, 0.1) is 0 Å². The van der Waals surface area contributed by atoms with E-state index < -0.39 is 0 Å². The molecule has 0 saturated heterocycles. The Labute approximate surface area is 119 Å². The number of hydrogen-bond acceptors (Lipinski definition) is 2. The molecule has 2 nitrogen and oxygen atoms in total. The third kappa shape index (κ3) is 2.79. The average molecular weight is 267 g/mol. The standard InChI is InChI=1S/C18H19O2/c1-3-7-17(19)15-11-5-10-14-13(15)9-6-12-16(14)18(20)8-4-2/h5-6,9,11-12H,3-4,7-8H2,1-2H3. The molecule has 2 aromatic carbocycles. The van der Waals surface area contributed by atoms with E-state index in [1.54, 1.807) is 12.1 Å². The van der Waals surface area contributed by atoms with Crippen LogP contribution in [0, 0.1) is 6.07 Å². The quantitative estimate of drug-likeness (QED) is 0.716. The lowest BCUT2D eigenvalue weighted by Gasteiger charge is -2.08. The van der Waals surface area contributed by atoms with Crippen LogP contribution >= 0.6 is 0 Å². The van der Waals surface area contributed by atoms with Gasteiger partial charge in [-0.1, -0.05) is 44.2 Å². The fourth-order valence-corrected chi connectivity index (χ4v) is 2.43. The second-order valence-corrected chi connectivity index (χ2v) is 4.97. The molecule has 20 heavy (non-hydrogen) atoms. The second-order valence-electron chi connectivity index (χ2n) is 4.97. The minimum Gasteiger partial charge on any atom is -0.294 e. The molecular formula is C18H19O2. The monoisotopic (exact) mass is 267 g/mol. The summed E-state index contributed by atoms with van der Waals surface area (Å²) in [4.78, 5) is 24.3. The summed E-state index contributed by atoms with van der Waals surface area (Å²) in [5, 5.41) is 1.61. The molecule has 0 heterocycles. The first kappa shape index (κ1) is 14.4. The van der Waals surface area contributed by atoms with Crippen LogP contribution in [-0.4, -0.2) is 11.6 Å². The fraction of sp³-hybridized carbons (Fsp3) is 0.333. The Bertz CT molecular complexity index is 584. The summed E-state index contributed by atoms with van der Waals surface area (Å²) >= 11 is 0.